The van der Waals surface area contributed by atoms with Gasteiger partial charge in [-0.25, -0.2) is 0 Å². The minimum Gasteiger partial charge on any atom is -0.331 e. The van der Waals surface area contributed by atoms with E-state index >= 15 is 0 Å². The number of carbonyl (C=O) groups excluding carboxylic acids is 1. The average molecular weight is 478 g/mol. The Morgan fingerprint density at radius 2 is 1.47 bits per heavy atom. The fourth-order valence-electron chi connectivity index (χ4n) is 5.17. The topological polar surface area (TPSA) is 81.8 Å². The fraction of sp³-hybridized carbons (Fsp3) is 0.241. The zero-order chi connectivity index (χ0) is 24.5. The van der Waals surface area contributed by atoms with Crippen LogP contribution in [0.3, 0.4) is 0 Å². The number of fused-ring (bicyclic) bond motifs is 3. The molecule has 3 aromatic carbocycles. The lowest BCUT2D eigenvalue weighted by molar-refractivity contribution is -0.116. The van der Waals surface area contributed by atoms with Crippen molar-refractivity contribution >= 4 is 33.4 Å². The molecule has 1 aliphatic heterocycles. The molecule has 0 atom stereocenters. The predicted octanol–water partition coefficient (Wildman–Crippen LogP) is 5.17. The zero-order valence-corrected chi connectivity index (χ0v) is 20.0. The SMILES string of the molecule is O=C(Cn1c2ccccc2c(=O)c2ccccc21)Nc1ccc(-c2nnc3n2CCCCCC3)cc1. The first-order valence-corrected chi connectivity index (χ1v) is 12.5. The van der Waals surface area contributed by atoms with Crippen molar-refractivity contribution in [3.63, 3.8) is 0 Å². The van der Waals surface area contributed by atoms with E-state index in [2.05, 4.69) is 20.1 Å². The van der Waals surface area contributed by atoms with Gasteiger partial charge in [0.15, 0.2) is 11.3 Å². The van der Waals surface area contributed by atoms with Gasteiger partial charge < -0.3 is 14.5 Å². The molecule has 0 saturated carbocycles. The molecule has 0 aliphatic carbocycles. The van der Waals surface area contributed by atoms with Crippen LogP contribution in [0.1, 0.15) is 31.5 Å². The van der Waals surface area contributed by atoms with Gasteiger partial charge in [-0.3, -0.25) is 9.59 Å². The predicted molar refractivity (Wildman–Crippen MR) is 142 cm³/mol. The van der Waals surface area contributed by atoms with Crippen LogP contribution in [-0.2, 0) is 24.3 Å². The Labute approximate surface area is 208 Å². The molecular weight excluding hydrogens is 450 g/mol. The molecule has 0 saturated heterocycles. The molecule has 0 bridgehead atoms. The van der Waals surface area contributed by atoms with Crippen LogP contribution in [0, 0.1) is 0 Å². The maximum atomic E-state index is 13.1. The lowest BCUT2D eigenvalue weighted by Crippen LogP contribution is -2.21. The summed E-state index contributed by atoms with van der Waals surface area (Å²) in [6, 6.07) is 22.6. The lowest BCUT2D eigenvalue weighted by atomic mass is 10.1. The van der Waals surface area contributed by atoms with E-state index in [1.807, 2.05) is 77.4 Å². The third kappa shape index (κ3) is 4.06. The number of benzene rings is 3. The number of anilines is 1. The van der Waals surface area contributed by atoms with Gasteiger partial charge in [0.2, 0.25) is 5.91 Å². The number of hydrogen-bond acceptors (Lipinski definition) is 4. The highest BCUT2D eigenvalue weighted by molar-refractivity contribution is 5.97. The molecule has 7 nitrogen and oxygen atoms in total. The third-order valence-electron chi connectivity index (χ3n) is 6.97. The summed E-state index contributed by atoms with van der Waals surface area (Å²) in [4.78, 5) is 26.0. The molecule has 0 spiro atoms. The van der Waals surface area contributed by atoms with Crippen molar-refractivity contribution in [3.8, 4) is 11.4 Å². The van der Waals surface area contributed by atoms with Crippen molar-refractivity contribution in [3.05, 3.63) is 88.8 Å². The van der Waals surface area contributed by atoms with E-state index in [1.54, 1.807) is 0 Å². The van der Waals surface area contributed by atoms with Crippen LogP contribution in [0.5, 0.6) is 0 Å². The van der Waals surface area contributed by atoms with E-state index in [9.17, 15) is 9.59 Å². The molecular formula is C29H27N5O2. The normalized spacial score (nSPS) is 13.8. The van der Waals surface area contributed by atoms with Gasteiger partial charge in [0, 0.05) is 35.0 Å². The third-order valence-corrected chi connectivity index (χ3v) is 6.97. The molecule has 0 radical (unpaired) electrons. The van der Waals surface area contributed by atoms with E-state index < -0.39 is 0 Å². The molecule has 180 valence electrons. The molecule has 0 fully saturated rings. The fourth-order valence-corrected chi connectivity index (χ4v) is 5.17. The second kappa shape index (κ2) is 9.41. The van der Waals surface area contributed by atoms with Gasteiger partial charge >= 0.3 is 0 Å². The summed E-state index contributed by atoms with van der Waals surface area (Å²) in [7, 11) is 0. The van der Waals surface area contributed by atoms with Crippen LogP contribution in [0.25, 0.3) is 33.2 Å². The van der Waals surface area contributed by atoms with Crippen molar-refractivity contribution in [1.29, 1.82) is 0 Å². The van der Waals surface area contributed by atoms with Crippen molar-refractivity contribution in [2.24, 2.45) is 0 Å². The molecule has 1 aliphatic rings. The number of aryl methyl sites for hydroxylation is 1. The zero-order valence-electron chi connectivity index (χ0n) is 20.0. The van der Waals surface area contributed by atoms with Gasteiger partial charge in [-0.1, -0.05) is 37.1 Å². The number of carbonyl (C=O) groups is 1. The number of hydrogen-bond donors (Lipinski definition) is 1. The van der Waals surface area contributed by atoms with E-state index in [4.69, 9.17) is 0 Å². The highest BCUT2D eigenvalue weighted by Crippen LogP contribution is 2.24. The van der Waals surface area contributed by atoms with Gasteiger partial charge in [0.1, 0.15) is 12.4 Å². The van der Waals surface area contributed by atoms with Crippen LogP contribution in [-0.4, -0.2) is 25.2 Å². The second-order valence-electron chi connectivity index (χ2n) is 9.33. The van der Waals surface area contributed by atoms with Gasteiger partial charge in [-0.05, 0) is 61.4 Å². The van der Waals surface area contributed by atoms with Crippen LogP contribution >= 0.6 is 0 Å². The smallest absolute Gasteiger partial charge is 0.244 e. The number of nitrogens with zero attached hydrogens (tertiary/aromatic N) is 4. The summed E-state index contributed by atoms with van der Waals surface area (Å²) in [5.74, 6) is 1.79. The average Bonchev–Trinajstić information content (AvgIpc) is 3.28. The van der Waals surface area contributed by atoms with Gasteiger partial charge in [-0.15, -0.1) is 10.2 Å². The van der Waals surface area contributed by atoms with Crippen molar-refractivity contribution < 1.29 is 4.79 Å². The molecule has 7 heteroatoms. The van der Waals surface area contributed by atoms with Gasteiger partial charge in [-0.2, -0.15) is 0 Å². The lowest BCUT2D eigenvalue weighted by Gasteiger charge is -2.15. The summed E-state index contributed by atoms with van der Waals surface area (Å²) in [6.07, 6.45) is 5.75. The standard InChI is InChI=1S/C29H27N5O2/c35-27(19-34-24-11-6-4-9-22(24)28(36)23-10-5-7-12-25(23)34)30-21-16-14-20(15-17-21)29-32-31-26-13-3-1-2-8-18-33(26)29/h4-7,9-12,14-17H,1-3,8,13,18-19H2,(H,30,35). The molecule has 2 aromatic heterocycles. The van der Waals surface area contributed by atoms with Crippen LogP contribution in [0.15, 0.2) is 77.6 Å². The number of aromatic nitrogens is 4. The molecule has 1 amide bonds. The van der Waals surface area contributed by atoms with E-state index in [0.29, 0.717) is 16.5 Å². The Kier molecular flexibility index (Phi) is 5.81. The van der Waals surface area contributed by atoms with Crippen LogP contribution in [0.2, 0.25) is 0 Å². The number of pyridine rings is 1. The highest BCUT2D eigenvalue weighted by Gasteiger charge is 2.16. The Morgan fingerprint density at radius 3 is 2.19 bits per heavy atom. The first kappa shape index (κ1) is 22.2. The number of nitrogens with one attached hydrogen (secondary N) is 1. The Morgan fingerprint density at radius 1 is 0.806 bits per heavy atom. The first-order valence-electron chi connectivity index (χ1n) is 12.5. The molecule has 0 unspecified atom stereocenters. The monoisotopic (exact) mass is 477 g/mol. The van der Waals surface area contributed by atoms with Crippen LogP contribution in [0.4, 0.5) is 5.69 Å². The van der Waals surface area contributed by atoms with E-state index in [-0.39, 0.29) is 17.9 Å². The molecule has 3 heterocycles. The summed E-state index contributed by atoms with van der Waals surface area (Å²) in [5.41, 5.74) is 3.18. The van der Waals surface area contributed by atoms with E-state index in [1.165, 1.54) is 12.8 Å². The second-order valence-corrected chi connectivity index (χ2v) is 9.33. The van der Waals surface area contributed by atoms with Gasteiger partial charge in [0.25, 0.3) is 0 Å². The highest BCUT2D eigenvalue weighted by atomic mass is 16.2. The first-order chi connectivity index (χ1) is 17.7. The quantitative estimate of drug-likeness (QED) is 0.362. The minimum absolute atomic E-state index is 0.0181. The molecule has 5 aromatic rings. The Bertz CT molecular complexity index is 1570. The van der Waals surface area contributed by atoms with Crippen LogP contribution < -0.4 is 10.7 Å². The largest absolute Gasteiger partial charge is 0.331 e. The Hall–Kier alpha value is -4.26. The summed E-state index contributed by atoms with van der Waals surface area (Å²) < 4.78 is 4.14. The number of rotatable bonds is 4. The molecule has 1 N–H and O–H groups in total. The minimum atomic E-state index is -0.158. The van der Waals surface area contributed by atoms with Crippen molar-refractivity contribution in [2.75, 3.05) is 5.32 Å². The van der Waals surface area contributed by atoms with Gasteiger partial charge in [0.05, 0.1) is 11.0 Å². The summed E-state index contributed by atoms with van der Waals surface area (Å²) >= 11 is 0. The molecule has 6 rings (SSSR count). The molecule has 36 heavy (non-hydrogen) atoms. The number of amides is 1. The van der Waals surface area contributed by atoms with E-state index in [0.717, 1.165) is 54.1 Å². The maximum absolute atomic E-state index is 13.1. The van der Waals surface area contributed by atoms with Crippen molar-refractivity contribution in [1.82, 2.24) is 19.3 Å². The number of para-hydroxylation sites is 2. The summed E-state index contributed by atoms with van der Waals surface area (Å²) in [5, 5.41) is 13.1. The maximum Gasteiger partial charge on any atom is 0.244 e. The summed E-state index contributed by atoms with van der Waals surface area (Å²) in [6.45, 7) is 1.04. The Balaban J connectivity index is 1.25. The van der Waals surface area contributed by atoms with Crippen molar-refractivity contribution in [2.45, 2.75) is 45.2 Å².